The van der Waals surface area contributed by atoms with Crippen molar-refractivity contribution in [1.82, 2.24) is 10.2 Å². The van der Waals surface area contributed by atoms with E-state index in [1.54, 1.807) is 6.92 Å². The van der Waals surface area contributed by atoms with Gasteiger partial charge in [0, 0.05) is 24.6 Å². The molecule has 1 atom stereocenters. The maximum Gasteiger partial charge on any atom is 0.407 e. The molecule has 3 N–H and O–H groups in total. The lowest BCUT2D eigenvalue weighted by Crippen LogP contribution is -2.44. The second-order valence-corrected chi connectivity index (χ2v) is 6.71. The van der Waals surface area contributed by atoms with E-state index in [0.29, 0.717) is 25.0 Å². The van der Waals surface area contributed by atoms with Crippen LogP contribution in [0.4, 0.5) is 4.79 Å². The molecular weight excluding hydrogens is 415 g/mol. The van der Waals surface area contributed by atoms with Crippen LogP contribution in [0, 0.1) is 5.92 Å². The second-order valence-electron chi connectivity index (χ2n) is 5.49. The highest BCUT2D eigenvalue weighted by Gasteiger charge is 2.16. The fourth-order valence-corrected chi connectivity index (χ4v) is 3.09. The van der Waals surface area contributed by atoms with Crippen LogP contribution in [0.5, 0.6) is 0 Å². The summed E-state index contributed by atoms with van der Waals surface area (Å²) in [5.41, 5.74) is 6.04. The van der Waals surface area contributed by atoms with E-state index < -0.39 is 0 Å². The molecule has 1 aliphatic heterocycles. The average molecular weight is 444 g/mol. The summed E-state index contributed by atoms with van der Waals surface area (Å²) in [4.78, 5) is 18.1. The predicted molar refractivity (Wildman–Crippen MR) is 104 cm³/mol. The summed E-state index contributed by atoms with van der Waals surface area (Å²) in [5.74, 6) is 3.23. The number of aliphatic imine (C=N–C) groups is 1. The number of nitrogens with one attached hydrogen (secondary N) is 1. The Morgan fingerprint density at radius 2 is 2.05 bits per heavy atom. The Kier molecular flexibility index (Phi) is 11.9. The minimum absolute atomic E-state index is 0. The van der Waals surface area contributed by atoms with Crippen molar-refractivity contribution in [2.75, 3.05) is 37.7 Å². The van der Waals surface area contributed by atoms with Crippen molar-refractivity contribution in [3.05, 3.63) is 0 Å². The number of nitrogens with two attached hydrogens (primary N) is 1. The topological polar surface area (TPSA) is 79.9 Å². The molecule has 0 aromatic rings. The summed E-state index contributed by atoms with van der Waals surface area (Å²) < 4.78 is 4.93. The summed E-state index contributed by atoms with van der Waals surface area (Å²) >= 11 is 1.94. The van der Waals surface area contributed by atoms with Crippen LogP contribution in [0.25, 0.3) is 0 Å². The van der Waals surface area contributed by atoms with Gasteiger partial charge in [-0.05, 0) is 19.3 Å². The largest absolute Gasteiger partial charge is 0.450 e. The Morgan fingerprint density at radius 3 is 2.59 bits per heavy atom. The van der Waals surface area contributed by atoms with Gasteiger partial charge in [0.15, 0.2) is 5.96 Å². The monoisotopic (exact) mass is 444 g/mol. The Bertz CT molecular complexity index is 350. The number of thioether (sulfide) groups is 1. The molecule has 130 valence electrons. The number of guanidine groups is 1. The summed E-state index contributed by atoms with van der Waals surface area (Å²) in [6.07, 6.45) is 0.470. The van der Waals surface area contributed by atoms with Gasteiger partial charge >= 0.3 is 6.09 Å². The quantitative estimate of drug-likeness (QED) is 0.373. The Balaban J connectivity index is 0.00000441. The first-order valence-electron chi connectivity index (χ1n) is 7.58. The summed E-state index contributed by atoms with van der Waals surface area (Å²) in [6, 6.07) is -0.0400. The number of carbonyl (C=O) groups is 1. The highest BCUT2D eigenvalue weighted by Crippen LogP contribution is 2.09. The van der Waals surface area contributed by atoms with Crippen molar-refractivity contribution in [2.45, 2.75) is 33.2 Å². The molecule has 1 aliphatic rings. The predicted octanol–water partition coefficient (Wildman–Crippen LogP) is 2.13. The Morgan fingerprint density at radius 1 is 1.41 bits per heavy atom. The van der Waals surface area contributed by atoms with Gasteiger partial charge < -0.3 is 20.7 Å². The molecule has 1 fully saturated rings. The molecule has 22 heavy (non-hydrogen) atoms. The molecule has 1 heterocycles. The van der Waals surface area contributed by atoms with Gasteiger partial charge in [0.1, 0.15) is 0 Å². The molecule has 8 heteroatoms. The zero-order chi connectivity index (χ0) is 15.7. The average Bonchev–Trinajstić information content (AvgIpc) is 2.45. The molecule has 0 aromatic heterocycles. The molecule has 0 radical (unpaired) electrons. The lowest BCUT2D eigenvalue weighted by molar-refractivity contribution is 0.147. The third-order valence-electron chi connectivity index (χ3n) is 3.16. The van der Waals surface area contributed by atoms with Gasteiger partial charge in [-0.25, -0.2) is 4.79 Å². The molecule has 6 nitrogen and oxygen atoms in total. The fourth-order valence-electron chi connectivity index (χ4n) is 2.18. The van der Waals surface area contributed by atoms with Gasteiger partial charge in [-0.15, -0.1) is 24.0 Å². The summed E-state index contributed by atoms with van der Waals surface area (Å²) in [6.45, 7) is 8.79. The van der Waals surface area contributed by atoms with Crippen LogP contribution in [0.1, 0.15) is 27.2 Å². The highest BCUT2D eigenvalue weighted by molar-refractivity contribution is 14.0. The standard InChI is InChI=1S/C14H28N4O2S.HI/c1-4-20-14(19)17-12(9-11(2)3)10-16-13(15)18-5-7-21-8-6-18;/h11-12H,4-10H2,1-3H3,(H2,15,16)(H,17,19);1H. The molecule has 1 saturated heterocycles. The lowest BCUT2D eigenvalue weighted by atomic mass is 10.0. The molecular formula is C14H29IN4O2S. The van der Waals surface area contributed by atoms with Gasteiger partial charge in [-0.1, -0.05) is 13.8 Å². The number of carbonyl (C=O) groups excluding carboxylic acids is 1. The number of halogens is 1. The first-order valence-corrected chi connectivity index (χ1v) is 8.74. The third-order valence-corrected chi connectivity index (χ3v) is 4.10. The van der Waals surface area contributed by atoms with Crippen molar-refractivity contribution in [1.29, 1.82) is 0 Å². The SMILES string of the molecule is CCOC(=O)NC(CN=C(N)N1CCSCC1)CC(C)C.I. The van der Waals surface area contributed by atoms with Crippen molar-refractivity contribution < 1.29 is 9.53 Å². The van der Waals surface area contributed by atoms with Gasteiger partial charge in [0.05, 0.1) is 19.2 Å². The van der Waals surface area contributed by atoms with Gasteiger partial charge in [0.25, 0.3) is 0 Å². The Labute approximate surface area is 155 Å². The number of alkyl carbamates (subject to hydrolysis) is 1. The maximum atomic E-state index is 11.6. The molecule has 0 saturated carbocycles. The Hall–Kier alpha value is -0.380. The fraction of sp³-hybridized carbons (Fsp3) is 0.857. The van der Waals surface area contributed by atoms with Gasteiger partial charge in [-0.2, -0.15) is 11.8 Å². The first kappa shape index (κ1) is 21.6. The zero-order valence-electron chi connectivity index (χ0n) is 13.7. The number of hydrogen-bond donors (Lipinski definition) is 2. The van der Waals surface area contributed by atoms with Crippen LogP contribution in [0.2, 0.25) is 0 Å². The van der Waals surface area contributed by atoms with E-state index in [4.69, 9.17) is 10.5 Å². The van der Waals surface area contributed by atoms with Crippen LogP contribution in [0.3, 0.4) is 0 Å². The summed E-state index contributed by atoms with van der Waals surface area (Å²) in [7, 11) is 0. The third kappa shape index (κ3) is 8.92. The molecule has 0 bridgehead atoms. The van der Waals surface area contributed by atoms with Crippen molar-refractivity contribution >= 4 is 47.8 Å². The van der Waals surface area contributed by atoms with E-state index >= 15 is 0 Å². The number of nitrogens with zero attached hydrogens (tertiary/aromatic N) is 2. The van der Waals surface area contributed by atoms with E-state index in [-0.39, 0.29) is 36.1 Å². The second kappa shape index (κ2) is 12.1. The maximum absolute atomic E-state index is 11.6. The van der Waals surface area contributed by atoms with Crippen LogP contribution in [-0.2, 0) is 4.74 Å². The zero-order valence-corrected chi connectivity index (χ0v) is 16.9. The molecule has 0 spiro atoms. The van der Waals surface area contributed by atoms with Crippen LogP contribution in [-0.4, -0.2) is 60.7 Å². The van der Waals surface area contributed by atoms with Gasteiger partial charge in [0.2, 0.25) is 0 Å². The smallest absolute Gasteiger partial charge is 0.407 e. The van der Waals surface area contributed by atoms with Crippen molar-refractivity contribution in [3.63, 3.8) is 0 Å². The van der Waals surface area contributed by atoms with E-state index in [1.807, 2.05) is 11.8 Å². The van der Waals surface area contributed by atoms with E-state index in [1.165, 1.54) is 0 Å². The number of amides is 1. The number of hydrogen-bond acceptors (Lipinski definition) is 4. The molecule has 1 rings (SSSR count). The van der Waals surface area contributed by atoms with E-state index in [0.717, 1.165) is 31.0 Å². The lowest BCUT2D eigenvalue weighted by Gasteiger charge is -2.27. The summed E-state index contributed by atoms with van der Waals surface area (Å²) in [5, 5.41) is 2.86. The minimum atomic E-state index is -0.383. The van der Waals surface area contributed by atoms with Crippen molar-refractivity contribution in [3.8, 4) is 0 Å². The molecule has 1 unspecified atom stereocenters. The highest BCUT2D eigenvalue weighted by atomic mass is 127. The number of rotatable bonds is 6. The first-order chi connectivity index (χ1) is 10.0. The molecule has 0 aliphatic carbocycles. The molecule has 1 amide bonds. The molecule has 0 aromatic carbocycles. The van der Waals surface area contributed by atoms with E-state index in [9.17, 15) is 4.79 Å². The van der Waals surface area contributed by atoms with Gasteiger partial charge in [-0.3, -0.25) is 4.99 Å². The van der Waals surface area contributed by atoms with Crippen LogP contribution < -0.4 is 11.1 Å². The normalized spacial score (nSPS) is 16.9. The number of ether oxygens (including phenoxy) is 1. The van der Waals surface area contributed by atoms with Crippen molar-refractivity contribution in [2.24, 2.45) is 16.6 Å². The van der Waals surface area contributed by atoms with Crippen LogP contribution >= 0.6 is 35.7 Å². The minimum Gasteiger partial charge on any atom is -0.450 e. The van der Waals surface area contributed by atoms with Crippen LogP contribution in [0.15, 0.2) is 4.99 Å². The van der Waals surface area contributed by atoms with E-state index in [2.05, 4.69) is 29.1 Å².